The number of anilines is 1. The zero-order chi connectivity index (χ0) is 22.7. The number of aromatic hydroxyl groups is 1. The number of phenols is 1. The van der Waals surface area contributed by atoms with E-state index in [2.05, 4.69) is 37.5 Å². The molecule has 2 aromatic heterocycles. The van der Waals surface area contributed by atoms with Gasteiger partial charge in [-0.3, -0.25) is 4.68 Å². The Morgan fingerprint density at radius 1 is 1.19 bits per heavy atom. The lowest BCUT2D eigenvalue weighted by Crippen LogP contribution is -2.65. The summed E-state index contributed by atoms with van der Waals surface area (Å²) >= 11 is 0. The zero-order valence-corrected chi connectivity index (χ0v) is 18.6. The molecule has 2 saturated heterocycles. The first kappa shape index (κ1) is 20.7. The number of piperidine rings is 1. The van der Waals surface area contributed by atoms with Crippen molar-refractivity contribution in [2.75, 3.05) is 11.9 Å². The monoisotopic (exact) mass is 438 g/mol. The van der Waals surface area contributed by atoms with Crippen LogP contribution in [0.5, 0.6) is 5.75 Å². The van der Waals surface area contributed by atoms with E-state index in [-0.39, 0.29) is 17.3 Å². The molecule has 2 aliphatic rings. The second kappa shape index (κ2) is 7.19. The molecule has 168 valence electrons. The maximum absolute atomic E-state index is 15.4. The molecule has 32 heavy (non-hydrogen) atoms. The third kappa shape index (κ3) is 3.38. The van der Waals surface area contributed by atoms with Crippen molar-refractivity contribution in [3.8, 4) is 28.5 Å². The number of benzene rings is 1. The molecule has 10 heteroatoms. The second-order valence-corrected chi connectivity index (χ2v) is 9.50. The van der Waals surface area contributed by atoms with Gasteiger partial charge in [-0.25, -0.2) is 14.4 Å². The number of hydrogen-bond acceptors (Lipinski definition) is 8. The molecule has 2 aliphatic heterocycles. The van der Waals surface area contributed by atoms with Crippen LogP contribution >= 0.6 is 0 Å². The van der Waals surface area contributed by atoms with Crippen molar-refractivity contribution < 1.29 is 9.50 Å². The average molecular weight is 439 g/mol. The van der Waals surface area contributed by atoms with Crippen molar-refractivity contribution in [3.63, 3.8) is 0 Å². The molecule has 0 amide bonds. The summed E-state index contributed by atoms with van der Waals surface area (Å²) in [5, 5.41) is 26.8. The fourth-order valence-corrected chi connectivity index (χ4v) is 5.09. The van der Waals surface area contributed by atoms with Crippen LogP contribution in [-0.2, 0) is 7.05 Å². The number of phenolic OH excluding ortho intramolecular Hbond substituents is 1. The van der Waals surface area contributed by atoms with Crippen molar-refractivity contribution in [3.05, 3.63) is 30.7 Å². The summed E-state index contributed by atoms with van der Waals surface area (Å²) in [6.07, 6.45) is 4.62. The van der Waals surface area contributed by atoms with Crippen LogP contribution in [0.3, 0.4) is 0 Å². The number of nitrogens with one attached hydrogen (secondary N) is 1. The van der Waals surface area contributed by atoms with Gasteiger partial charge in [0.2, 0.25) is 0 Å². The lowest BCUT2D eigenvalue weighted by molar-refractivity contribution is 0.0859. The van der Waals surface area contributed by atoms with Crippen LogP contribution in [-0.4, -0.2) is 65.4 Å². The maximum atomic E-state index is 15.4. The number of aryl methyl sites for hydroxylation is 1. The van der Waals surface area contributed by atoms with Crippen LogP contribution in [0.1, 0.15) is 33.1 Å². The minimum absolute atomic E-state index is 0.0115. The fraction of sp³-hybridized carbons (Fsp3) is 0.500. The summed E-state index contributed by atoms with van der Waals surface area (Å²) < 4.78 is 17.0. The molecule has 2 bridgehead atoms. The summed E-state index contributed by atoms with van der Waals surface area (Å²) in [6.45, 7) is 4.12. The van der Waals surface area contributed by atoms with Gasteiger partial charge in [-0.1, -0.05) is 6.07 Å². The molecular weight excluding hydrogens is 411 g/mol. The highest BCUT2D eigenvalue weighted by atomic mass is 19.1. The quantitative estimate of drug-likeness (QED) is 0.640. The number of fused-ring (bicyclic) bond motifs is 2. The van der Waals surface area contributed by atoms with Crippen LogP contribution < -0.4 is 10.2 Å². The van der Waals surface area contributed by atoms with Gasteiger partial charge in [-0.05, 0) is 45.2 Å². The first-order valence-electron chi connectivity index (χ1n) is 10.7. The first-order chi connectivity index (χ1) is 15.2. The largest absolute Gasteiger partial charge is 0.507 e. The summed E-state index contributed by atoms with van der Waals surface area (Å²) in [7, 11) is 3.62. The first-order valence-corrected chi connectivity index (χ1v) is 10.7. The Labute approximate surface area is 185 Å². The van der Waals surface area contributed by atoms with Gasteiger partial charge in [0.05, 0.1) is 17.8 Å². The van der Waals surface area contributed by atoms with Crippen molar-refractivity contribution in [1.29, 1.82) is 0 Å². The van der Waals surface area contributed by atoms with E-state index in [0.717, 1.165) is 12.8 Å². The minimum Gasteiger partial charge on any atom is -0.507 e. The van der Waals surface area contributed by atoms with Crippen molar-refractivity contribution in [2.45, 2.75) is 56.4 Å². The average Bonchev–Trinajstić information content (AvgIpc) is 3.32. The van der Waals surface area contributed by atoms with Gasteiger partial charge < -0.3 is 15.3 Å². The van der Waals surface area contributed by atoms with Crippen LogP contribution in [0.2, 0.25) is 0 Å². The molecule has 3 aromatic rings. The molecule has 0 aliphatic carbocycles. The third-order valence-corrected chi connectivity index (χ3v) is 6.89. The Morgan fingerprint density at radius 2 is 2.00 bits per heavy atom. The second-order valence-electron chi connectivity index (χ2n) is 9.50. The number of hydrogen-bond donors (Lipinski definition) is 2. The summed E-state index contributed by atoms with van der Waals surface area (Å²) in [5.74, 6) is 1.33. The molecule has 5 rings (SSSR count). The molecule has 0 radical (unpaired) electrons. The standard InChI is InChI=1S/C22H27FN8O/c1-21-7-8-22(2,29-21)18(23)15(10-21)31(4)17-11-24-20(27-26-17)14-6-5-13(9-16(14)32)19-25-12-30(3)28-19/h5-6,9,11-12,15,18,29,32H,7-8,10H2,1-4H3/t15-,18-,21-,22+/m0/s1. The summed E-state index contributed by atoms with van der Waals surface area (Å²) in [5.41, 5.74) is 0.540. The van der Waals surface area contributed by atoms with E-state index in [9.17, 15) is 5.11 Å². The number of aromatic nitrogens is 6. The highest BCUT2D eigenvalue weighted by molar-refractivity contribution is 5.70. The van der Waals surface area contributed by atoms with E-state index in [1.54, 1.807) is 42.5 Å². The van der Waals surface area contributed by atoms with Crippen molar-refractivity contribution in [1.82, 2.24) is 35.3 Å². The van der Waals surface area contributed by atoms with Gasteiger partial charge in [-0.15, -0.1) is 10.2 Å². The Kier molecular flexibility index (Phi) is 4.66. The predicted octanol–water partition coefficient (Wildman–Crippen LogP) is 2.49. The number of halogens is 1. The molecule has 9 nitrogen and oxygen atoms in total. The summed E-state index contributed by atoms with van der Waals surface area (Å²) in [4.78, 5) is 10.4. The fourth-order valence-electron chi connectivity index (χ4n) is 5.09. The van der Waals surface area contributed by atoms with E-state index in [4.69, 9.17) is 0 Å². The topological polar surface area (TPSA) is 105 Å². The van der Waals surface area contributed by atoms with Gasteiger partial charge in [-0.2, -0.15) is 5.10 Å². The van der Waals surface area contributed by atoms with E-state index in [1.807, 2.05) is 18.9 Å². The zero-order valence-electron chi connectivity index (χ0n) is 18.6. The summed E-state index contributed by atoms with van der Waals surface area (Å²) in [6, 6.07) is 4.78. The van der Waals surface area contributed by atoms with Crippen LogP contribution in [0.25, 0.3) is 22.8 Å². The molecule has 2 fully saturated rings. The van der Waals surface area contributed by atoms with Crippen molar-refractivity contribution >= 4 is 5.82 Å². The van der Waals surface area contributed by atoms with Crippen LogP contribution in [0, 0.1) is 0 Å². The molecular formula is C22H27FN8O. The van der Waals surface area contributed by atoms with E-state index in [1.165, 1.54) is 0 Å². The van der Waals surface area contributed by atoms with Gasteiger partial charge >= 0.3 is 0 Å². The van der Waals surface area contributed by atoms with Crippen molar-refractivity contribution in [2.24, 2.45) is 7.05 Å². The van der Waals surface area contributed by atoms with Gasteiger partial charge in [0, 0.05) is 30.7 Å². The van der Waals surface area contributed by atoms with Crippen LogP contribution in [0.4, 0.5) is 10.2 Å². The third-order valence-electron chi connectivity index (χ3n) is 6.89. The van der Waals surface area contributed by atoms with E-state index < -0.39 is 11.7 Å². The molecule has 4 atom stereocenters. The highest BCUT2D eigenvalue weighted by Gasteiger charge is 2.56. The van der Waals surface area contributed by atoms with Gasteiger partial charge in [0.1, 0.15) is 18.2 Å². The number of alkyl halides is 1. The molecule has 2 N–H and O–H groups in total. The molecule has 0 saturated carbocycles. The normalized spacial score (nSPS) is 29.3. The Hall–Kier alpha value is -3.14. The molecule has 0 spiro atoms. The smallest absolute Gasteiger partial charge is 0.185 e. The Morgan fingerprint density at radius 3 is 2.66 bits per heavy atom. The molecule has 1 aromatic carbocycles. The minimum atomic E-state index is -1.03. The highest BCUT2D eigenvalue weighted by Crippen LogP contribution is 2.45. The maximum Gasteiger partial charge on any atom is 0.185 e. The SMILES string of the molecule is CN(c1cnc(-c2ccc(-c3ncn(C)n3)cc2O)nn1)[C@H]1C[C@]2(C)CC[C@@](C)(N2)[C@H]1F. The van der Waals surface area contributed by atoms with Gasteiger partial charge in [0.15, 0.2) is 17.5 Å². The number of nitrogens with zero attached hydrogens (tertiary/aromatic N) is 7. The van der Waals surface area contributed by atoms with E-state index in [0.29, 0.717) is 35.0 Å². The Balaban J connectivity index is 1.37. The van der Waals surface area contributed by atoms with Crippen LogP contribution in [0.15, 0.2) is 30.7 Å². The predicted molar refractivity (Wildman–Crippen MR) is 118 cm³/mol. The Bertz CT molecular complexity index is 1150. The lowest BCUT2D eigenvalue weighted by Gasteiger charge is -2.47. The molecule has 4 heterocycles. The van der Waals surface area contributed by atoms with Gasteiger partial charge in [0.25, 0.3) is 0 Å². The molecule has 0 unspecified atom stereocenters. The van der Waals surface area contributed by atoms with E-state index >= 15 is 4.39 Å². The lowest BCUT2D eigenvalue weighted by atomic mass is 9.82. The number of rotatable bonds is 4.